The van der Waals surface area contributed by atoms with Gasteiger partial charge in [0, 0.05) is 23.2 Å². The minimum atomic E-state index is -0.328. The number of nitrogens with zero attached hydrogens (tertiary/aromatic N) is 1. The van der Waals surface area contributed by atoms with Gasteiger partial charge >= 0.3 is 0 Å². The van der Waals surface area contributed by atoms with Gasteiger partial charge in [-0.3, -0.25) is 4.79 Å². The highest BCUT2D eigenvalue weighted by molar-refractivity contribution is 6.30. The number of phenols is 1. The van der Waals surface area contributed by atoms with Crippen molar-refractivity contribution in [3.63, 3.8) is 0 Å². The second-order valence-corrected chi connectivity index (χ2v) is 6.75. The second kappa shape index (κ2) is 9.76. The van der Waals surface area contributed by atoms with Crippen LogP contribution in [0.3, 0.4) is 0 Å². The summed E-state index contributed by atoms with van der Waals surface area (Å²) in [6, 6.07) is 12.3. The molecule has 0 spiro atoms. The molecule has 2 aromatic carbocycles. The molecule has 0 radical (unpaired) electrons. The highest BCUT2D eigenvalue weighted by Crippen LogP contribution is 2.20. The van der Waals surface area contributed by atoms with E-state index in [0.717, 1.165) is 22.8 Å². The topological polar surface area (TPSA) is 60.8 Å². The molecule has 0 unspecified atom stereocenters. The van der Waals surface area contributed by atoms with Crippen LogP contribution in [0.1, 0.15) is 16.7 Å². The zero-order valence-corrected chi connectivity index (χ0v) is 16.0. The molecule has 0 heterocycles. The molecule has 0 aliphatic rings. The van der Waals surface area contributed by atoms with Crippen LogP contribution in [-0.4, -0.2) is 35.0 Å². The maximum atomic E-state index is 11.9. The number of allylic oxidation sites excluding steroid dienone is 3. The van der Waals surface area contributed by atoms with E-state index < -0.39 is 0 Å². The number of phenolic OH excluding ortho intramolecular Hbond substituents is 1. The molecule has 2 aromatic rings. The van der Waals surface area contributed by atoms with Crippen molar-refractivity contribution in [2.24, 2.45) is 0 Å². The summed E-state index contributed by atoms with van der Waals surface area (Å²) < 4.78 is 0. The van der Waals surface area contributed by atoms with Crippen LogP contribution >= 0.6 is 11.6 Å². The monoisotopic (exact) mass is 383 g/mol. The van der Waals surface area contributed by atoms with E-state index in [2.05, 4.69) is 0 Å². The number of hydrogen-bond acceptors (Lipinski definition) is 4. The van der Waals surface area contributed by atoms with Gasteiger partial charge in [-0.25, -0.2) is 0 Å². The summed E-state index contributed by atoms with van der Waals surface area (Å²) in [5.41, 5.74) is 2.44. The fourth-order valence-corrected chi connectivity index (χ4v) is 2.48. The van der Waals surface area contributed by atoms with Gasteiger partial charge in [-0.2, -0.15) is 0 Å². The Morgan fingerprint density at radius 2 is 1.67 bits per heavy atom. The molecule has 0 saturated heterocycles. The van der Waals surface area contributed by atoms with Crippen LogP contribution in [0.2, 0.25) is 5.02 Å². The summed E-state index contributed by atoms with van der Waals surface area (Å²) in [5.74, 6) is -0.253. The van der Waals surface area contributed by atoms with E-state index in [1.165, 1.54) is 12.2 Å². The Balaban J connectivity index is 2.03. The number of halogens is 1. The number of carbonyl (C=O) groups excluding carboxylic acids is 1. The van der Waals surface area contributed by atoms with Gasteiger partial charge in [0.1, 0.15) is 11.5 Å². The highest BCUT2D eigenvalue weighted by Gasteiger charge is 2.03. The molecule has 140 valence electrons. The Labute approximate surface area is 164 Å². The zero-order valence-electron chi connectivity index (χ0n) is 15.3. The van der Waals surface area contributed by atoms with Crippen LogP contribution in [0, 0.1) is 0 Å². The third-order valence-corrected chi connectivity index (χ3v) is 3.89. The quantitative estimate of drug-likeness (QED) is 0.408. The molecular formula is C22H22ClNO3. The predicted molar refractivity (Wildman–Crippen MR) is 111 cm³/mol. The van der Waals surface area contributed by atoms with Crippen molar-refractivity contribution in [1.82, 2.24) is 4.90 Å². The summed E-state index contributed by atoms with van der Waals surface area (Å²) in [4.78, 5) is 13.9. The molecule has 0 atom stereocenters. The van der Waals surface area contributed by atoms with E-state index >= 15 is 0 Å². The first-order valence-electron chi connectivity index (χ1n) is 8.36. The Morgan fingerprint density at radius 1 is 1.04 bits per heavy atom. The smallest absolute Gasteiger partial charge is 0.182 e. The van der Waals surface area contributed by atoms with Crippen molar-refractivity contribution in [2.45, 2.75) is 6.54 Å². The molecule has 4 nitrogen and oxygen atoms in total. The SMILES string of the molecule is CN(C)Cc1cc(/C=C/C(O)=CC(=O)/C=C/c2ccc(Cl)cc2)ccc1O. The van der Waals surface area contributed by atoms with Crippen LogP contribution in [-0.2, 0) is 11.3 Å². The van der Waals surface area contributed by atoms with E-state index in [4.69, 9.17) is 11.6 Å². The van der Waals surface area contributed by atoms with E-state index in [9.17, 15) is 15.0 Å². The molecule has 27 heavy (non-hydrogen) atoms. The molecule has 5 heteroatoms. The molecule has 2 rings (SSSR count). The summed E-state index contributed by atoms with van der Waals surface area (Å²) in [6.07, 6.45) is 7.30. The lowest BCUT2D eigenvalue weighted by atomic mass is 10.1. The number of ketones is 1. The summed E-state index contributed by atoms with van der Waals surface area (Å²) in [6.45, 7) is 0.601. The molecule has 0 aromatic heterocycles. The molecule has 2 N–H and O–H groups in total. The number of aliphatic hydroxyl groups excluding tert-OH is 1. The Hall–Kier alpha value is -2.82. The molecule has 0 aliphatic heterocycles. The number of hydrogen-bond donors (Lipinski definition) is 2. The first-order valence-corrected chi connectivity index (χ1v) is 8.74. The van der Waals surface area contributed by atoms with Gasteiger partial charge in [0.15, 0.2) is 5.78 Å². The fraction of sp³-hybridized carbons (Fsp3) is 0.136. The molecular weight excluding hydrogens is 362 g/mol. The lowest BCUT2D eigenvalue weighted by Gasteiger charge is -2.11. The van der Waals surface area contributed by atoms with Gasteiger partial charge in [0.2, 0.25) is 0 Å². The molecule has 0 bridgehead atoms. The first-order chi connectivity index (χ1) is 12.8. The minimum absolute atomic E-state index is 0.150. The molecule has 0 amide bonds. The lowest BCUT2D eigenvalue weighted by molar-refractivity contribution is -0.110. The van der Waals surface area contributed by atoms with Crippen LogP contribution in [0.25, 0.3) is 12.2 Å². The van der Waals surface area contributed by atoms with Crippen molar-refractivity contribution in [3.05, 3.63) is 88.2 Å². The lowest BCUT2D eigenvalue weighted by Crippen LogP contribution is -2.10. The van der Waals surface area contributed by atoms with Gasteiger partial charge in [0.05, 0.1) is 0 Å². The number of carbonyl (C=O) groups is 1. The van der Waals surface area contributed by atoms with Crippen molar-refractivity contribution in [2.75, 3.05) is 14.1 Å². The van der Waals surface area contributed by atoms with E-state index in [-0.39, 0.29) is 17.3 Å². The second-order valence-electron chi connectivity index (χ2n) is 6.32. The first kappa shape index (κ1) is 20.5. The standard InChI is InChI=1S/C22H22ClNO3/c1-24(2)15-18-13-17(7-12-22(18)27)6-11-21(26)14-20(25)10-5-16-3-8-19(23)9-4-16/h3-14,26-27H,15H2,1-2H3/b10-5+,11-6+,21-14?. The molecule has 0 aliphatic carbocycles. The fourth-order valence-electron chi connectivity index (χ4n) is 2.35. The summed E-state index contributed by atoms with van der Waals surface area (Å²) in [7, 11) is 3.83. The van der Waals surface area contributed by atoms with E-state index in [1.807, 2.05) is 25.1 Å². The molecule has 0 fully saturated rings. The van der Waals surface area contributed by atoms with E-state index in [1.54, 1.807) is 48.6 Å². The normalized spacial score (nSPS) is 12.4. The Bertz CT molecular complexity index is 881. The minimum Gasteiger partial charge on any atom is -0.508 e. The van der Waals surface area contributed by atoms with Gasteiger partial charge in [0.25, 0.3) is 0 Å². The van der Waals surface area contributed by atoms with E-state index in [0.29, 0.717) is 11.6 Å². The number of aromatic hydroxyl groups is 1. The largest absolute Gasteiger partial charge is 0.508 e. The van der Waals surface area contributed by atoms with Crippen molar-refractivity contribution in [1.29, 1.82) is 0 Å². The van der Waals surface area contributed by atoms with Crippen molar-refractivity contribution in [3.8, 4) is 5.75 Å². The van der Waals surface area contributed by atoms with Crippen LogP contribution < -0.4 is 0 Å². The molecule has 0 saturated carbocycles. The van der Waals surface area contributed by atoms with Crippen LogP contribution in [0.15, 0.2) is 66.5 Å². The van der Waals surface area contributed by atoms with Gasteiger partial charge in [-0.1, -0.05) is 42.0 Å². The van der Waals surface area contributed by atoms with Crippen LogP contribution in [0.5, 0.6) is 5.75 Å². The average Bonchev–Trinajstić information content (AvgIpc) is 2.61. The number of aliphatic hydroxyl groups is 1. The van der Waals surface area contributed by atoms with Gasteiger partial charge in [-0.15, -0.1) is 0 Å². The van der Waals surface area contributed by atoms with Gasteiger partial charge in [-0.05, 0) is 61.6 Å². The summed E-state index contributed by atoms with van der Waals surface area (Å²) in [5, 5.41) is 20.4. The predicted octanol–water partition coefficient (Wildman–Crippen LogP) is 4.84. The van der Waals surface area contributed by atoms with Crippen molar-refractivity contribution < 1.29 is 15.0 Å². The maximum absolute atomic E-state index is 11.9. The number of rotatable bonds is 7. The average molecular weight is 384 g/mol. The Kier molecular flexibility index (Phi) is 7.41. The number of benzene rings is 2. The zero-order chi connectivity index (χ0) is 19.8. The maximum Gasteiger partial charge on any atom is 0.182 e. The third-order valence-electron chi connectivity index (χ3n) is 3.64. The highest BCUT2D eigenvalue weighted by atomic mass is 35.5. The third kappa shape index (κ3) is 7.13. The Morgan fingerprint density at radius 3 is 2.33 bits per heavy atom. The van der Waals surface area contributed by atoms with Gasteiger partial charge < -0.3 is 15.1 Å². The van der Waals surface area contributed by atoms with Crippen molar-refractivity contribution >= 4 is 29.5 Å². The summed E-state index contributed by atoms with van der Waals surface area (Å²) >= 11 is 5.81. The van der Waals surface area contributed by atoms with Crippen LogP contribution in [0.4, 0.5) is 0 Å².